The molecule has 2 rings (SSSR count). The molecule has 0 saturated carbocycles. The van der Waals surface area contributed by atoms with E-state index in [1.807, 2.05) is 6.92 Å². The van der Waals surface area contributed by atoms with Crippen LogP contribution < -0.4 is 15.4 Å². The molecule has 0 heterocycles. The van der Waals surface area contributed by atoms with Gasteiger partial charge in [-0.25, -0.2) is 13.6 Å². The lowest BCUT2D eigenvalue weighted by molar-refractivity contribution is 0.249. The highest BCUT2D eigenvalue weighted by molar-refractivity contribution is 5.89. The maximum Gasteiger partial charge on any atom is 0.319 e. The van der Waals surface area contributed by atoms with E-state index in [0.717, 1.165) is 12.1 Å². The number of carbonyl (C=O) groups excluding carboxylic acids is 1. The zero-order valence-electron chi connectivity index (χ0n) is 12.9. The van der Waals surface area contributed by atoms with Gasteiger partial charge < -0.3 is 15.4 Å². The minimum Gasteiger partial charge on any atom is -0.494 e. The molecule has 0 radical (unpaired) electrons. The Labute approximate surface area is 133 Å². The monoisotopic (exact) mass is 320 g/mol. The van der Waals surface area contributed by atoms with Crippen molar-refractivity contribution in [3.8, 4) is 5.75 Å². The number of urea groups is 1. The van der Waals surface area contributed by atoms with Gasteiger partial charge in [0, 0.05) is 17.3 Å². The average Bonchev–Trinajstić information content (AvgIpc) is 2.49. The molecule has 2 aromatic rings. The molecular formula is C17H18F2N2O2. The van der Waals surface area contributed by atoms with E-state index in [0.29, 0.717) is 18.0 Å². The van der Waals surface area contributed by atoms with E-state index in [-0.39, 0.29) is 5.56 Å². The van der Waals surface area contributed by atoms with Crippen molar-refractivity contribution >= 4 is 11.7 Å². The number of hydrogen-bond donors (Lipinski definition) is 2. The Morgan fingerprint density at radius 1 is 1.17 bits per heavy atom. The number of benzene rings is 2. The number of hydrogen-bond acceptors (Lipinski definition) is 2. The molecule has 4 nitrogen and oxygen atoms in total. The molecule has 0 saturated heterocycles. The third kappa shape index (κ3) is 4.67. The van der Waals surface area contributed by atoms with Crippen molar-refractivity contribution in [2.45, 2.75) is 19.9 Å². The summed E-state index contributed by atoms with van der Waals surface area (Å²) in [5.41, 5.74) is 0.797. The highest BCUT2D eigenvalue weighted by Crippen LogP contribution is 2.19. The molecule has 2 N–H and O–H groups in total. The van der Waals surface area contributed by atoms with Crippen LogP contribution in [-0.2, 0) is 0 Å². The number of halogens is 2. The Hall–Kier alpha value is -2.63. The van der Waals surface area contributed by atoms with Gasteiger partial charge in [-0.1, -0.05) is 6.07 Å². The van der Waals surface area contributed by atoms with Crippen LogP contribution in [0.1, 0.15) is 25.5 Å². The van der Waals surface area contributed by atoms with Crippen LogP contribution in [-0.4, -0.2) is 12.6 Å². The van der Waals surface area contributed by atoms with Crippen molar-refractivity contribution in [3.63, 3.8) is 0 Å². The Morgan fingerprint density at radius 2 is 1.87 bits per heavy atom. The predicted molar refractivity (Wildman–Crippen MR) is 84.5 cm³/mol. The van der Waals surface area contributed by atoms with Crippen molar-refractivity contribution in [3.05, 3.63) is 59.7 Å². The Kier molecular flexibility index (Phi) is 5.51. The van der Waals surface area contributed by atoms with Gasteiger partial charge in [0.1, 0.15) is 17.4 Å². The lowest BCUT2D eigenvalue weighted by Crippen LogP contribution is -2.31. The molecule has 0 aliphatic rings. The molecule has 23 heavy (non-hydrogen) atoms. The first-order valence-corrected chi connectivity index (χ1v) is 7.25. The first-order valence-electron chi connectivity index (χ1n) is 7.25. The van der Waals surface area contributed by atoms with Gasteiger partial charge in [0.05, 0.1) is 12.6 Å². The second-order valence-corrected chi connectivity index (χ2v) is 4.94. The van der Waals surface area contributed by atoms with E-state index in [1.54, 1.807) is 31.2 Å². The second kappa shape index (κ2) is 7.58. The quantitative estimate of drug-likeness (QED) is 0.865. The summed E-state index contributed by atoms with van der Waals surface area (Å²) in [4.78, 5) is 11.9. The van der Waals surface area contributed by atoms with Crippen LogP contribution in [0.3, 0.4) is 0 Å². The summed E-state index contributed by atoms with van der Waals surface area (Å²) in [6.07, 6.45) is 0. The Bertz CT molecular complexity index is 675. The fourth-order valence-electron chi connectivity index (χ4n) is 2.10. The van der Waals surface area contributed by atoms with E-state index in [9.17, 15) is 13.6 Å². The van der Waals surface area contributed by atoms with E-state index >= 15 is 0 Å². The van der Waals surface area contributed by atoms with Crippen LogP contribution in [0.25, 0.3) is 0 Å². The van der Waals surface area contributed by atoms with E-state index in [2.05, 4.69) is 10.6 Å². The van der Waals surface area contributed by atoms with Gasteiger partial charge in [-0.2, -0.15) is 0 Å². The highest BCUT2D eigenvalue weighted by atomic mass is 19.1. The predicted octanol–water partition coefficient (Wildman–Crippen LogP) is 4.25. The van der Waals surface area contributed by atoms with Gasteiger partial charge >= 0.3 is 6.03 Å². The van der Waals surface area contributed by atoms with Crippen LogP contribution in [0.15, 0.2) is 42.5 Å². The van der Waals surface area contributed by atoms with Crippen LogP contribution in [0.2, 0.25) is 0 Å². The molecule has 1 atom stereocenters. The molecule has 0 aliphatic carbocycles. The van der Waals surface area contributed by atoms with Crippen molar-refractivity contribution in [1.29, 1.82) is 0 Å². The molecule has 2 amide bonds. The van der Waals surface area contributed by atoms with Crippen molar-refractivity contribution in [1.82, 2.24) is 5.32 Å². The average molecular weight is 320 g/mol. The normalized spacial score (nSPS) is 11.7. The number of anilines is 1. The van der Waals surface area contributed by atoms with Gasteiger partial charge in [-0.3, -0.25) is 0 Å². The minimum atomic E-state index is -0.695. The molecule has 1 unspecified atom stereocenters. The van der Waals surface area contributed by atoms with E-state index in [4.69, 9.17) is 4.74 Å². The number of carbonyl (C=O) groups is 1. The molecule has 0 bridgehead atoms. The second-order valence-electron chi connectivity index (χ2n) is 4.94. The van der Waals surface area contributed by atoms with Gasteiger partial charge in [0.15, 0.2) is 0 Å². The molecule has 122 valence electrons. The van der Waals surface area contributed by atoms with Crippen molar-refractivity contribution < 1.29 is 18.3 Å². The van der Waals surface area contributed by atoms with Crippen LogP contribution >= 0.6 is 0 Å². The first-order chi connectivity index (χ1) is 11.0. The number of amides is 2. The third-order valence-corrected chi connectivity index (χ3v) is 3.20. The first kappa shape index (κ1) is 16.7. The Balaban J connectivity index is 1.95. The summed E-state index contributed by atoms with van der Waals surface area (Å²) >= 11 is 0. The molecule has 0 fully saturated rings. The molecule has 0 spiro atoms. The zero-order chi connectivity index (χ0) is 16.8. The minimum absolute atomic E-state index is 0.216. The van der Waals surface area contributed by atoms with Crippen LogP contribution in [0, 0.1) is 11.6 Å². The smallest absolute Gasteiger partial charge is 0.319 e. The number of nitrogens with one attached hydrogen (secondary N) is 2. The summed E-state index contributed by atoms with van der Waals surface area (Å²) in [5, 5.41) is 5.24. The zero-order valence-corrected chi connectivity index (χ0v) is 12.9. The van der Waals surface area contributed by atoms with Crippen molar-refractivity contribution in [2.75, 3.05) is 11.9 Å². The topological polar surface area (TPSA) is 50.4 Å². The van der Waals surface area contributed by atoms with Gasteiger partial charge in [-0.05, 0) is 44.2 Å². The standard InChI is InChI=1S/C17H18F2N2O2/c1-3-23-14-7-5-13(6-8-14)21-17(22)20-11(2)15-9-4-12(18)10-16(15)19/h4-11H,3H2,1-2H3,(H2,20,21,22). The largest absolute Gasteiger partial charge is 0.494 e. The number of rotatable bonds is 5. The molecular weight excluding hydrogens is 302 g/mol. The fourth-order valence-corrected chi connectivity index (χ4v) is 2.10. The van der Waals surface area contributed by atoms with Gasteiger partial charge in [0.2, 0.25) is 0 Å². The summed E-state index contributed by atoms with van der Waals surface area (Å²) in [6.45, 7) is 4.07. The van der Waals surface area contributed by atoms with Gasteiger partial charge in [0.25, 0.3) is 0 Å². The van der Waals surface area contributed by atoms with Crippen molar-refractivity contribution in [2.24, 2.45) is 0 Å². The summed E-state index contributed by atoms with van der Waals surface area (Å²) in [5.74, 6) is -0.642. The van der Waals surface area contributed by atoms with E-state index in [1.165, 1.54) is 6.07 Å². The maximum absolute atomic E-state index is 13.7. The molecule has 2 aromatic carbocycles. The number of ether oxygens (including phenoxy) is 1. The third-order valence-electron chi connectivity index (χ3n) is 3.20. The highest BCUT2D eigenvalue weighted by Gasteiger charge is 2.14. The molecule has 0 aliphatic heterocycles. The summed E-state index contributed by atoms with van der Waals surface area (Å²) in [7, 11) is 0. The molecule has 6 heteroatoms. The lowest BCUT2D eigenvalue weighted by Gasteiger charge is -2.16. The summed E-state index contributed by atoms with van der Waals surface area (Å²) in [6, 6.07) is 9.06. The SMILES string of the molecule is CCOc1ccc(NC(=O)NC(C)c2ccc(F)cc2F)cc1. The summed E-state index contributed by atoms with van der Waals surface area (Å²) < 4.78 is 31.9. The lowest BCUT2D eigenvalue weighted by atomic mass is 10.1. The van der Waals surface area contributed by atoms with Gasteiger partial charge in [-0.15, -0.1) is 0 Å². The Morgan fingerprint density at radius 3 is 2.48 bits per heavy atom. The maximum atomic E-state index is 13.7. The fraction of sp³-hybridized carbons (Fsp3) is 0.235. The van der Waals surface area contributed by atoms with Crippen LogP contribution in [0.5, 0.6) is 5.75 Å². The van der Waals surface area contributed by atoms with Crippen LogP contribution in [0.4, 0.5) is 19.3 Å². The van der Waals surface area contributed by atoms with E-state index < -0.39 is 23.7 Å². The molecule has 0 aromatic heterocycles.